The van der Waals surface area contributed by atoms with Crippen LogP contribution in [0.3, 0.4) is 0 Å². The van der Waals surface area contributed by atoms with E-state index in [4.69, 9.17) is 5.41 Å². The van der Waals surface area contributed by atoms with Crippen molar-refractivity contribution < 1.29 is 4.79 Å². The molecule has 2 aromatic carbocycles. The molecule has 0 spiro atoms. The van der Waals surface area contributed by atoms with Crippen LogP contribution in [-0.4, -0.2) is 17.2 Å². The van der Waals surface area contributed by atoms with Gasteiger partial charge in [0.2, 0.25) is 0 Å². The summed E-state index contributed by atoms with van der Waals surface area (Å²) in [5, 5.41) is 12.2. The van der Waals surface area contributed by atoms with Crippen LogP contribution < -0.4 is 5.43 Å². The molecule has 0 fully saturated rings. The number of carbonyl (C=O) groups is 1. The molecule has 0 aliphatic carbocycles. The second-order valence-electron chi connectivity index (χ2n) is 4.24. The third kappa shape index (κ3) is 3.38. The Balaban J connectivity index is 2.23. The van der Waals surface area contributed by atoms with Crippen LogP contribution in [0.5, 0.6) is 0 Å². The van der Waals surface area contributed by atoms with Crippen molar-refractivity contribution in [3.8, 4) is 0 Å². The summed E-state index contributed by atoms with van der Waals surface area (Å²) in [6.45, 7) is 1.41. The van der Waals surface area contributed by atoms with E-state index in [1.165, 1.54) is 6.92 Å². The van der Waals surface area contributed by atoms with E-state index in [1.54, 1.807) is 12.1 Å². The Labute approximate surface area is 117 Å². The number of hydrazone groups is 1. The molecule has 0 amide bonds. The first-order valence-corrected chi connectivity index (χ1v) is 6.22. The highest BCUT2D eigenvalue weighted by Crippen LogP contribution is 2.07. The van der Waals surface area contributed by atoms with Crippen LogP contribution in [0.15, 0.2) is 65.8 Å². The molecule has 20 heavy (non-hydrogen) atoms. The molecule has 0 unspecified atom stereocenters. The minimum Gasteiger partial charge on any atom is -0.298 e. The molecule has 0 radical (unpaired) electrons. The van der Waals surface area contributed by atoms with Crippen molar-refractivity contribution in [3.05, 3.63) is 66.2 Å². The second kappa shape index (κ2) is 6.43. The van der Waals surface area contributed by atoms with Gasteiger partial charge >= 0.3 is 0 Å². The van der Waals surface area contributed by atoms with Crippen molar-refractivity contribution in [1.29, 1.82) is 5.41 Å². The zero-order chi connectivity index (χ0) is 14.4. The van der Waals surface area contributed by atoms with E-state index < -0.39 is 0 Å². The average Bonchev–Trinajstić information content (AvgIpc) is 2.49. The van der Waals surface area contributed by atoms with E-state index in [-0.39, 0.29) is 17.2 Å². The lowest BCUT2D eigenvalue weighted by Gasteiger charge is -2.06. The molecule has 0 heterocycles. The van der Waals surface area contributed by atoms with Gasteiger partial charge in [-0.2, -0.15) is 5.10 Å². The van der Waals surface area contributed by atoms with E-state index in [1.807, 2.05) is 48.5 Å². The van der Waals surface area contributed by atoms with Gasteiger partial charge in [-0.1, -0.05) is 48.5 Å². The van der Waals surface area contributed by atoms with Crippen LogP contribution in [0.4, 0.5) is 5.69 Å². The number of rotatable bonds is 5. The molecule has 100 valence electrons. The average molecular weight is 265 g/mol. The highest BCUT2D eigenvalue weighted by Gasteiger charge is 2.14. The van der Waals surface area contributed by atoms with Crippen molar-refractivity contribution in [2.75, 3.05) is 5.43 Å². The first-order valence-electron chi connectivity index (χ1n) is 6.22. The maximum absolute atomic E-state index is 11.7. The van der Waals surface area contributed by atoms with Crippen LogP contribution in [0.2, 0.25) is 0 Å². The number of nitrogens with zero attached hydrogens (tertiary/aromatic N) is 1. The summed E-state index contributed by atoms with van der Waals surface area (Å²) in [4.78, 5) is 11.7. The van der Waals surface area contributed by atoms with Crippen LogP contribution in [0.25, 0.3) is 0 Å². The summed E-state index contributed by atoms with van der Waals surface area (Å²) in [6.07, 6.45) is 0. The molecule has 0 saturated heterocycles. The lowest BCUT2D eigenvalue weighted by molar-refractivity contribution is -0.110. The van der Waals surface area contributed by atoms with E-state index >= 15 is 0 Å². The predicted molar refractivity (Wildman–Crippen MR) is 81.5 cm³/mol. The summed E-state index contributed by atoms with van der Waals surface area (Å²) in [5.41, 5.74) is 4.46. The highest BCUT2D eigenvalue weighted by molar-refractivity contribution is 6.69. The Morgan fingerprint density at radius 2 is 1.55 bits per heavy atom. The maximum atomic E-state index is 11.7. The fourth-order valence-electron chi connectivity index (χ4n) is 1.69. The van der Waals surface area contributed by atoms with Gasteiger partial charge in [-0.05, 0) is 12.1 Å². The summed E-state index contributed by atoms with van der Waals surface area (Å²) < 4.78 is 0. The number of hydrogen-bond acceptors (Lipinski definition) is 4. The maximum Gasteiger partial charge on any atom is 0.182 e. The summed E-state index contributed by atoms with van der Waals surface area (Å²) in [6, 6.07) is 18.4. The molecule has 2 rings (SSSR count). The van der Waals surface area contributed by atoms with Crippen LogP contribution in [-0.2, 0) is 4.79 Å². The molecule has 0 aliphatic rings. The molecule has 0 aliphatic heterocycles. The Kier molecular flexibility index (Phi) is 4.39. The second-order valence-corrected chi connectivity index (χ2v) is 4.24. The van der Waals surface area contributed by atoms with Gasteiger partial charge in [0, 0.05) is 12.5 Å². The van der Waals surface area contributed by atoms with Gasteiger partial charge in [-0.15, -0.1) is 0 Å². The van der Waals surface area contributed by atoms with E-state index in [0.717, 1.165) is 5.69 Å². The third-order valence-corrected chi connectivity index (χ3v) is 2.70. The predicted octanol–water partition coefficient (Wildman–Crippen LogP) is 3.11. The number of anilines is 1. The molecule has 0 aromatic heterocycles. The fourth-order valence-corrected chi connectivity index (χ4v) is 1.69. The van der Waals surface area contributed by atoms with Crippen molar-refractivity contribution in [2.45, 2.75) is 6.92 Å². The van der Waals surface area contributed by atoms with E-state index in [2.05, 4.69) is 10.5 Å². The van der Waals surface area contributed by atoms with Crippen molar-refractivity contribution >= 4 is 22.9 Å². The molecule has 0 saturated carbocycles. The fraction of sp³-hybridized carbons (Fsp3) is 0.0625. The molecule has 4 heteroatoms. The molecule has 0 atom stereocenters. The van der Waals surface area contributed by atoms with Crippen LogP contribution >= 0.6 is 0 Å². The summed E-state index contributed by atoms with van der Waals surface area (Å²) >= 11 is 0. The summed E-state index contributed by atoms with van der Waals surface area (Å²) in [5.74, 6) is -0.248. The number of benzene rings is 2. The highest BCUT2D eigenvalue weighted by atomic mass is 16.1. The van der Waals surface area contributed by atoms with E-state index in [0.29, 0.717) is 5.56 Å². The minimum absolute atomic E-state index is 0.111. The first kappa shape index (κ1) is 13.7. The smallest absolute Gasteiger partial charge is 0.182 e. The Morgan fingerprint density at radius 3 is 2.10 bits per heavy atom. The molecular weight excluding hydrogens is 250 g/mol. The molecule has 0 bridgehead atoms. The number of para-hydroxylation sites is 1. The molecule has 2 N–H and O–H groups in total. The van der Waals surface area contributed by atoms with Gasteiger partial charge in [-0.3, -0.25) is 15.6 Å². The van der Waals surface area contributed by atoms with Crippen molar-refractivity contribution in [2.24, 2.45) is 5.10 Å². The van der Waals surface area contributed by atoms with Crippen LogP contribution in [0, 0.1) is 5.41 Å². The normalized spacial score (nSPS) is 10.9. The van der Waals surface area contributed by atoms with Gasteiger partial charge in [0.05, 0.1) is 11.4 Å². The molecular formula is C16H15N3O. The first-order chi connectivity index (χ1) is 9.68. The third-order valence-electron chi connectivity index (χ3n) is 2.70. The number of carbonyl (C=O) groups excluding carboxylic acids is 1. The topological polar surface area (TPSA) is 65.3 Å². The number of hydrogen-bond donors (Lipinski definition) is 2. The molecule has 4 nitrogen and oxygen atoms in total. The lowest BCUT2D eigenvalue weighted by atomic mass is 10.0. The lowest BCUT2D eigenvalue weighted by Crippen LogP contribution is -2.23. The SMILES string of the molecule is CC(=O)/C(=N\Nc1ccccc1)C(=N)c1ccccc1. The largest absolute Gasteiger partial charge is 0.298 e. The van der Waals surface area contributed by atoms with Gasteiger partial charge in [-0.25, -0.2) is 0 Å². The Morgan fingerprint density at radius 1 is 1.00 bits per heavy atom. The van der Waals surface area contributed by atoms with Gasteiger partial charge < -0.3 is 0 Å². The quantitative estimate of drug-likeness (QED) is 0.644. The number of nitrogens with one attached hydrogen (secondary N) is 2. The van der Waals surface area contributed by atoms with Crippen molar-refractivity contribution in [1.82, 2.24) is 0 Å². The van der Waals surface area contributed by atoms with Gasteiger partial charge in [0.25, 0.3) is 0 Å². The number of ketones is 1. The monoisotopic (exact) mass is 265 g/mol. The van der Waals surface area contributed by atoms with Crippen LogP contribution in [0.1, 0.15) is 12.5 Å². The zero-order valence-corrected chi connectivity index (χ0v) is 11.1. The van der Waals surface area contributed by atoms with Gasteiger partial charge in [0.15, 0.2) is 11.5 Å². The Hall–Kier alpha value is -2.75. The minimum atomic E-state index is -0.248. The molecule has 2 aromatic rings. The zero-order valence-electron chi connectivity index (χ0n) is 11.1. The van der Waals surface area contributed by atoms with Crippen molar-refractivity contribution in [3.63, 3.8) is 0 Å². The van der Waals surface area contributed by atoms with E-state index in [9.17, 15) is 4.79 Å². The standard InChI is InChI=1S/C16H15N3O/c1-12(20)16(15(17)13-8-4-2-5-9-13)19-18-14-10-6-3-7-11-14/h2-11,17-18H,1H3/b17-15?,19-16+. The number of Topliss-reactive ketones (excluding diaryl/α,β-unsaturated/α-hetero) is 1. The summed E-state index contributed by atoms with van der Waals surface area (Å²) in [7, 11) is 0. The van der Waals surface area contributed by atoms with Gasteiger partial charge in [0.1, 0.15) is 0 Å². The Bertz CT molecular complexity index is 633.